The number of ketones is 1. The summed E-state index contributed by atoms with van der Waals surface area (Å²) in [5.74, 6) is 3.45. The quantitative estimate of drug-likeness (QED) is 0.762. The molecule has 100 valence electrons. The van der Waals surface area contributed by atoms with Crippen LogP contribution in [0.4, 0.5) is 0 Å². The van der Waals surface area contributed by atoms with E-state index < -0.39 is 0 Å². The second kappa shape index (κ2) is 5.59. The molecule has 2 heterocycles. The summed E-state index contributed by atoms with van der Waals surface area (Å²) in [6.07, 6.45) is 2.89. The van der Waals surface area contributed by atoms with Crippen LogP contribution in [0.2, 0.25) is 5.02 Å². The minimum Gasteiger partial charge on any atom is -0.453 e. The van der Waals surface area contributed by atoms with E-state index in [-0.39, 0.29) is 5.78 Å². The lowest BCUT2D eigenvalue weighted by atomic mass is 9.95. The fourth-order valence-electron chi connectivity index (χ4n) is 2.46. The number of hydrogen-bond donors (Lipinski definition) is 0. The predicted molar refractivity (Wildman–Crippen MR) is 80.2 cm³/mol. The summed E-state index contributed by atoms with van der Waals surface area (Å²) < 4.78 is 5.61. The number of thioether (sulfide) groups is 1. The Hall–Kier alpha value is -0.930. The van der Waals surface area contributed by atoms with Crippen molar-refractivity contribution in [3.8, 4) is 0 Å². The minimum absolute atomic E-state index is 0.115. The van der Waals surface area contributed by atoms with Gasteiger partial charge >= 0.3 is 0 Å². The van der Waals surface area contributed by atoms with Crippen molar-refractivity contribution in [3.05, 3.63) is 35.0 Å². The van der Waals surface area contributed by atoms with Crippen molar-refractivity contribution in [2.24, 2.45) is 5.92 Å². The summed E-state index contributed by atoms with van der Waals surface area (Å²) in [6.45, 7) is 0. The lowest BCUT2D eigenvalue weighted by Crippen LogP contribution is -2.14. The highest BCUT2D eigenvalue weighted by Crippen LogP contribution is 2.28. The average molecular weight is 295 g/mol. The fraction of sp³-hybridized carbons (Fsp3) is 0.400. The van der Waals surface area contributed by atoms with Gasteiger partial charge in [-0.05, 0) is 54.5 Å². The fourth-order valence-corrected chi connectivity index (χ4v) is 3.85. The molecule has 1 fully saturated rings. The first-order valence-corrected chi connectivity index (χ1v) is 8.06. The molecule has 2 nitrogen and oxygen atoms in total. The molecule has 0 amide bonds. The number of Topliss-reactive ketones (excluding diaryl/α,β-unsaturated/α-hetero) is 1. The summed E-state index contributed by atoms with van der Waals surface area (Å²) in [6, 6.07) is 7.22. The van der Waals surface area contributed by atoms with E-state index in [1.165, 1.54) is 11.5 Å². The van der Waals surface area contributed by atoms with Crippen molar-refractivity contribution in [1.82, 2.24) is 0 Å². The second-order valence-corrected chi connectivity index (χ2v) is 6.64. The number of benzene rings is 1. The van der Waals surface area contributed by atoms with Crippen molar-refractivity contribution in [3.63, 3.8) is 0 Å². The lowest BCUT2D eigenvalue weighted by Gasteiger charge is -2.19. The lowest BCUT2D eigenvalue weighted by molar-refractivity contribution is 0.0933. The van der Waals surface area contributed by atoms with Crippen molar-refractivity contribution in [2.45, 2.75) is 19.3 Å². The first kappa shape index (κ1) is 13.1. The number of carbonyl (C=O) groups excluding carboxylic acids is 1. The molecule has 1 aliphatic heterocycles. The number of furan rings is 1. The molecular weight excluding hydrogens is 280 g/mol. The smallest absolute Gasteiger partial charge is 0.198 e. The topological polar surface area (TPSA) is 30.2 Å². The Bertz CT molecular complexity index is 599. The van der Waals surface area contributed by atoms with Crippen LogP contribution in [-0.4, -0.2) is 17.3 Å². The zero-order valence-corrected chi connectivity index (χ0v) is 12.1. The van der Waals surface area contributed by atoms with Gasteiger partial charge in [0.25, 0.3) is 0 Å². The molecule has 2 aromatic rings. The molecule has 3 rings (SSSR count). The first-order valence-electron chi connectivity index (χ1n) is 6.52. The molecule has 1 aliphatic rings. The maximum atomic E-state index is 12.2. The maximum absolute atomic E-state index is 12.2. The molecule has 0 atom stereocenters. The number of carbonyl (C=O) groups is 1. The zero-order chi connectivity index (χ0) is 13.2. The van der Waals surface area contributed by atoms with E-state index in [1.807, 2.05) is 23.9 Å². The third-order valence-electron chi connectivity index (χ3n) is 3.57. The number of halogens is 1. The summed E-state index contributed by atoms with van der Waals surface area (Å²) in [5, 5.41) is 1.56. The number of hydrogen-bond acceptors (Lipinski definition) is 3. The number of rotatable bonds is 3. The summed E-state index contributed by atoms with van der Waals surface area (Å²) >= 11 is 7.91. The Morgan fingerprint density at radius 2 is 2.11 bits per heavy atom. The molecular formula is C15H15ClO2S. The van der Waals surface area contributed by atoms with Gasteiger partial charge in [0, 0.05) is 16.8 Å². The molecule has 0 saturated carbocycles. The van der Waals surface area contributed by atoms with E-state index in [0.29, 0.717) is 23.1 Å². The minimum atomic E-state index is 0.115. The Kier molecular flexibility index (Phi) is 3.85. The van der Waals surface area contributed by atoms with Gasteiger partial charge in [0.1, 0.15) is 5.58 Å². The van der Waals surface area contributed by atoms with E-state index in [2.05, 4.69) is 0 Å². The SMILES string of the molecule is O=C(CC1CCSCC1)c1cc2cc(Cl)ccc2o1. The first-order chi connectivity index (χ1) is 9.22. The standard InChI is InChI=1S/C15H15ClO2S/c16-12-1-2-14-11(8-12)9-15(18-14)13(17)7-10-3-5-19-6-4-10/h1-2,8-10H,3-7H2. The van der Waals surface area contributed by atoms with E-state index in [0.717, 1.165) is 23.8 Å². The largest absolute Gasteiger partial charge is 0.453 e. The third-order valence-corrected chi connectivity index (χ3v) is 4.85. The molecule has 0 unspecified atom stereocenters. The van der Waals surface area contributed by atoms with Gasteiger partial charge in [0.05, 0.1) is 0 Å². The maximum Gasteiger partial charge on any atom is 0.198 e. The molecule has 1 saturated heterocycles. The van der Waals surface area contributed by atoms with E-state index in [9.17, 15) is 4.79 Å². The van der Waals surface area contributed by atoms with Crippen LogP contribution in [0, 0.1) is 5.92 Å². The average Bonchev–Trinajstić information content (AvgIpc) is 2.83. The van der Waals surface area contributed by atoms with Gasteiger partial charge in [-0.25, -0.2) is 0 Å². The second-order valence-electron chi connectivity index (χ2n) is 4.98. The molecule has 0 bridgehead atoms. The summed E-state index contributed by atoms with van der Waals surface area (Å²) in [7, 11) is 0. The Morgan fingerprint density at radius 3 is 2.89 bits per heavy atom. The Balaban J connectivity index is 1.77. The van der Waals surface area contributed by atoms with Crippen LogP contribution in [0.1, 0.15) is 29.8 Å². The van der Waals surface area contributed by atoms with Crippen LogP contribution in [-0.2, 0) is 0 Å². The van der Waals surface area contributed by atoms with Gasteiger partial charge in [-0.2, -0.15) is 11.8 Å². The van der Waals surface area contributed by atoms with Crippen LogP contribution in [0.5, 0.6) is 0 Å². The highest BCUT2D eigenvalue weighted by Gasteiger charge is 2.20. The van der Waals surface area contributed by atoms with Gasteiger partial charge in [-0.15, -0.1) is 0 Å². The van der Waals surface area contributed by atoms with Crippen LogP contribution in [0.15, 0.2) is 28.7 Å². The number of fused-ring (bicyclic) bond motifs is 1. The molecule has 0 aliphatic carbocycles. The van der Waals surface area contributed by atoms with Crippen LogP contribution < -0.4 is 0 Å². The Labute approximate surface area is 121 Å². The van der Waals surface area contributed by atoms with Gasteiger partial charge in [0.2, 0.25) is 0 Å². The van der Waals surface area contributed by atoms with Gasteiger partial charge in [-0.1, -0.05) is 11.6 Å². The molecule has 0 spiro atoms. The highest BCUT2D eigenvalue weighted by atomic mass is 35.5. The predicted octanol–water partition coefficient (Wildman–Crippen LogP) is 4.80. The Morgan fingerprint density at radius 1 is 1.32 bits per heavy atom. The molecule has 1 aromatic heterocycles. The molecule has 4 heteroatoms. The van der Waals surface area contributed by atoms with Gasteiger partial charge in [0.15, 0.2) is 11.5 Å². The molecule has 1 aromatic carbocycles. The van der Waals surface area contributed by atoms with Crippen molar-refractivity contribution in [1.29, 1.82) is 0 Å². The van der Waals surface area contributed by atoms with E-state index in [1.54, 1.807) is 12.1 Å². The van der Waals surface area contributed by atoms with E-state index in [4.69, 9.17) is 16.0 Å². The summed E-state index contributed by atoms with van der Waals surface area (Å²) in [4.78, 5) is 12.2. The van der Waals surface area contributed by atoms with E-state index >= 15 is 0 Å². The van der Waals surface area contributed by atoms with Crippen molar-refractivity contribution >= 4 is 40.1 Å². The summed E-state index contributed by atoms with van der Waals surface area (Å²) in [5.41, 5.74) is 0.729. The van der Waals surface area contributed by atoms with Crippen molar-refractivity contribution < 1.29 is 9.21 Å². The normalized spacial score (nSPS) is 16.9. The van der Waals surface area contributed by atoms with Crippen LogP contribution in [0.3, 0.4) is 0 Å². The highest BCUT2D eigenvalue weighted by molar-refractivity contribution is 7.99. The van der Waals surface area contributed by atoms with Crippen LogP contribution in [0.25, 0.3) is 11.0 Å². The third kappa shape index (κ3) is 2.98. The molecule has 0 N–H and O–H groups in total. The molecule has 19 heavy (non-hydrogen) atoms. The molecule has 0 radical (unpaired) electrons. The van der Waals surface area contributed by atoms with Crippen molar-refractivity contribution in [2.75, 3.05) is 11.5 Å². The van der Waals surface area contributed by atoms with Crippen LogP contribution >= 0.6 is 23.4 Å². The van der Waals surface area contributed by atoms with Gasteiger partial charge in [-0.3, -0.25) is 4.79 Å². The zero-order valence-electron chi connectivity index (χ0n) is 10.5. The van der Waals surface area contributed by atoms with Gasteiger partial charge < -0.3 is 4.42 Å². The monoisotopic (exact) mass is 294 g/mol.